The summed E-state index contributed by atoms with van der Waals surface area (Å²) in [7, 11) is 0. The van der Waals surface area contributed by atoms with Crippen LogP contribution in [-0.4, -0.2) is 69.8 Å². The Morgan fingerprint density at radius 2 is 1.66 bits per heavy atom. The Morgan fingerprint density at radius 3 is 2.26 bits per heavy atom. The lowest BCUT2D eigenvalue weighted by molar-refractivity contribution is -0.129. The first kappa shape index (κ1) is 32.8. The van der Waals surface area contributed by atoms with Crippen molar-refractivity contribution in [1.82, 2.24) is 16.0 Å². The molecule has 0 bridgehead atoms. The minimum atomic E-state index is -0.700. The van der Waals surface area contributed by atoms with Crippen molar-refractivity contribution >= 4 is 17.7 Å². The molecule has 0 aliphatic carbocycles. The molecular weight excluding hydrogens is 448 g/mol. The van der Waals surface area contributed by atoms with Crippen LogP contribution in [0, 0.1) is 10.8 Å². The number of hydrogen-bond donors (Lipinski definition) is 4. The molecule has 5 N–H and O–H groups in total. The molecule has 35 heavy (non-hydrogen) atoms. The number of amides is 3. The van der Waals surface area contributed by atoms with Gasteiger partial charge in [-0.3, -0.25) is 14.4 Å². The molecule has 0 aliphatic heterocycles. The van der Waals surface area contributed by atoms with Gasteiger partial charge in [0.05, 0.1) is 32.8 Å². The van der Waals surface area contributed by atoms with E-state index in [1.165, 1.54) is 6.08 Å². The van der Waals surface area contributed by atoms with Crippen molar-refractivity contribution < 1.29 is 23.9 Å². The van der Waals surface area contributed by atoms with Crippen molar-refractivity contribution in [3.8, 4) is 0 Å². The van der Waals surface area contributed by atoms with Crippen LogP contribution in [0.2, 0.25) is 0 Å². The summed E-state index contributed by atoms with van der Waals surface area (Å²) in [4.78, 5) is 37.2. The first-order valence-electron chi connectivity index (χ1n) is 12.5. The molecule has 0 aliphatic rings. The predicted octanol–water partition coefficient (Wildman–Crippen LogP) is 2.06. The lowest BCUT2D eigenvalue weighted by atomic mass is 9.72. The predicted molar refractivity (Wildman–Crippen MR) is 139 cm³/mol. The third-order valence-electron chi connectivity index (χ3n) is 5.22. The van der Waals surface area contributed by atoms with Gasteiger partial charge in [-0.2, -0.15) is 0 Å². The van der Waals surface area contributed by atoms with E-state index >= 15 is 0 Å². The summed E-state index contributed by atoms with van der Waals surface area (Å²) in [6, 6.07) is -0.700. The summed E-state index contributed by atoms with van der Waals surface area (Å²) >= 11 is 0. The van der Waals surface area contributed by atoms with Crippen molar-refractivity contribution in [2.45, 2.75) is 72.8 Å². The molecule has 0 aromatic carbocycles. The molecule has 9 heteroatoms. The molecule has 0 rings (SSSR count). The van der Waals surface area contributed by atoms with E-state index in [2.05, 4.69) is 56.0 Å². The Morgan fingerprint density at radius 1 is 1.00 bits per heavy atom. The third kappa shape index (κ3) is 17.8. The molecule has 0 saturated carbocycles. The number of ether oxygens (including phenoxy) is 2. The molecule has 0 spiro atoms. The van der Waals surface area contributed by atoms with Crippen LogP contribution in [0.25, 0.3) is 0 Å². The van der Waals surface area contributed by atoms with Crippen LogP contribution >= 0.6 is 0 Å². The molecule has 1 unspecified atom stereocenters. The van der Waals surface area contributed by atoms with E-state index in [1.54, 1.807) is 0 Å². The highest BCUT2D eigenvalue weighted by Crippen LogP contribution is 2.36. The summed E-state index contributed by atoms with van der Waals surface area (Å²) in [5.74, 6) is -0.478. The van der Waals surface area contributed by atoms with Gasteiger partial charge in [0, 0.05) is 26.1 Å². The number of nitrogens with two attached hydrogens (primary N) is 1. The maximum absolute atomic E-state index is 12.9. The molecule has 0 aromatic heterocycles. The molecule has 3 amide bonds. The molecule has 9 nitrogen and oxygen atoms in total. The van der Waals surface area contributed by atoms with E-state index < -0.39 is 6.04 Å². The van der Waals surface area contributed by atoms with Gasteiger partial charge in [-0.05, 0) is 36.2 Å². The fraction of sp³-hybridized carbons (Fsp3) is 0.769. The number of nitrogens with one attached hydrogen (secondary N) is 3. The number of carbonyl (C=O) groups is 3. The smallest absolute Gasteiger partial charge is 0.242 e. The highest BCUT2D eigenvalue weighted by Gasteiger charge is 2.34. The standard InChI is InChI=1S/C26H48N4O5/c1-7-9-11-23(32)30-21(24(33)28-13-15-35-17-16-34-14-12-27)18-25(3,4)19-26(5,6)20-29-22(31)10-8-2/h9,21H,1,8,10-20,27H2,2-6H3,(H,28,33)(H,29,31)(H,30,32). The number of rotatable bonds is 20. The van der Waals surface area contributed by atoms with E-state index in [0.717, 1.165) is 12.8 Å². The second-order valence-electron chi connectivity index (χ2n) is 10.3. The highest BCUT2D eigenvalue weighted by molar-refractivity contribution is 5.88. The van der Waals surface area contributed by atoms with Gasteiger partial charge in [0.25, 0.3) is 0 Å². The maximum Gasteiger partial charge on any atom is 0.242 e. The Labute approximate surface area is 211 Å². The normalized spacial score (nSPS) is 12.4. The van der Waals surface area contributed by atoms with Crippen molar-refractivity contribution in [3.63, 3.8) is 0 Å². The van der Waals surface area contributed by atoms with Crippen molar-refractivity contribution in [2.24, 2.45) is 16.6 Å². The zero-order valence-electron chi connectivity index (χ0n) is 22.5. The van der Waals surface area contributed by atoms with Crippen molar-refractivity contribution in [2.75, 3.05) is 46.1 Å². The summed E-state index contributed by atoms with van der Waals surface area (Å²) < 4.78 is 10.7. The second kappa shape index (κ2) is 18.1. The van der Waals surface area contributed by atoms with Gasteiger partial charge >= 0.3 is 0 Å². The number of carbonyl (C=O) groups excluding carboxylic acids is 3. The van der Waals surface area contributed by atoms with Gasteiger partial charge < -0.3 is 31.2 Å². The van der Waals surface area contributed by atoms with E-state index in [0.29, 0.717) is 58.9 Å². The highest BCUT2D eigenvalue weighted by atomic mass is 16.5. The average molecular weight is 497 g/mol. The maximum atomic E-state index is 12.9. The first-order chi connectivity index (χ1) is 16.5. The van der Waals surface area contributed by atoms with E-state index in [1.807, 2.05) is 6.92 Å². The third-order valence-corrected chi connectivity index (χ3v) is 5.22. The van der Waals surface area contributed by atoms with Crippen LogP contribution in [0.15, 0.2) is 18.4 Å². The van der Waals surface area contributed by atoms with Gasteiger partial charge in [-0.25, -0.2) is 0 Å². The molecule has 0 radical (unpaired) electrons. The fourth-order valence-corrected chi connectivity index (χ4v) is 4.04. The van der Waals surface area contributed by atoms with Gasteiger partial charge in [-0.15, -0.1) is 5.73 Å². The van der Waals surface area contributed by atoms with Crippen LogP contribution < -0.4 is 21.7 Å². The molecule has 0 fully saturated rings. The van der Waals surface area contributed by atoms with E-state index in [-0.39, 0.29) is 35.0 Å². The fourth-order valence-electron chi connectivity index (χ4n) is 4.04. The van der Waals surface area contributed by atoms with Gasteiger partial charge in [-0.1, -0.05) is 41.2 Å². The van der Waals surface area contributed by atoms with Crippen molar-refractivity contribution in [3.05, 3.63) is 18.4 Å². The Kier molecular flexibility index (Phi) is 17.0. The summed E-state index contributed by atoms with van der Waals surface area (Å²) in [5.41, 5.74) is 7.48. The van der Waals surface area contributed by atoms with Crippen LogP contribution in [0.3, 0.4) is 0 Å². The lowest BCUT2D eigenvalue weighted by Crippen LogP contribution is -2.50. The Hall–Kier alpha value is -2.19. The van der Waals surface area contributed by atoms with Crippen LogP contribution in [-0.2, 0) is 23.9 Å². The topological polar surface area (TPSA) is 132 Å². The average Bonchev–Trinajstić information content (AvgIpc) is 2.77. The quantitative estimate of drug-likeness (QED) is 0.151. The van der Waals surface area contributed by atoms with Crippen LogP contribution in [0.1, 0.15) is 66.7 Å². The number of hydrogen-bond acceptors (Lipinski definition) is 6. The largest absolute Gasteiger partial charge is 0.378 e. The molecule has 1 atom stereocenters. The minimum Gasteiger partial charge on any atom is -0.378 e. The monoisotopic (exact) mass is 496 g/mol. The van der Waals surface area contributed by atoms with Crippen molar-refractivity contribution in [1.29, 1.82) is 0 Å². The molecule has 0 saturated heterocycles. The Balaban J connectivity index is 4.96. The molecule has 0 aromatic rings. The molecule has 0 heterocycles. The van der Waals surface area contributed by atoms with E-state index in [9.17, 15) is 14.4 Å². The van der Waals surface area contributed by atoms with Gasteiger partial charge in [0.2, 0.25) is 17.7 Å². The minimum absolute atomic E-state index is 0.0475. The lowest BCUT2D eigenvalue weighted by Gasteiger charge is -2.37. The van der Waals surface area contributed by atoms with Gasteiger partial charge in [0.15, 0.2) is 0 Å². The van der Waals surface area contributed by atoms with Crippen LogP contribution in [0.5, 0.6) is 0 Å². The summed E-state index contributed by atoms with van der Waals surface area (Å²) in [6.07, 6.45) is 4.15. The molecule has 202 valence electrons. The molecular formula is C26H48N4O5. The Bertz CT molecular complexity index is 687. The zero-order chi connectivity index (χ0) is 26.7. The second-order valence-corrected chi connectivity index (χ2v) is 10.3. The van der Waals surface area contributed by atoms with Gasteiger partial charge in [0.1, 0.15) is 6.04 Å². The zero-order valence-corrected chi connectivity index (χ0v) is 22.5. The SMILES string of the molecule is C=C=CCC(=O)NC(CC(C)(C)CC(C)(C)CNC(=O)CCC)C(=O)NCCOCCOCCN. The van der Waals surface area contributed by atoms with Crippen LogP contribution in [0.4, 0.5) is 0 Å². The first-order valence-corrected chi connectivity index (χ1v) is 12.5. The summed E-state index contributed by atoms with van der Waals surface area (Å²) in [5, 5.41) is 8.69. The summed E-state index contributed by atoms with van der Waals surface area (Å²) in [6.45, 7) is 16.8. The van der Waals surface area contributed by atoms with E-state index in [4.69, 9.17) is 15.2 Å².